The van der Waals surface area contributed by atoms with Crippen LogP contribution in [0.2, 0.25) is 0 Å². The van der Waals surface area contributed by atoms with Crippen LogP contribution < -0.4 is 0 Å². The second-order valence-corrected chi connectivity index (χ2v) is 4.08. The smallest absolute Gasteiger partial charge is 0.270 e. The molecule has 0 radical (unpaired) electrons. The van der Waals surface area contributed by atoms with E-state index in [1.165, 1.54) is 4.90 Å². The van der Waals surface area contributed by atoms with Crippen LogP contribution in [0.25, 0.3) is 0 Å². The van der Waals surface area contributed by atoms with Gasteiger partial charge in [0.2, 0.25) is 0 Å². The number of alkyl halides is 4. The molecule has 0 bridgehead atoms. The highest BCUT2D eigenvalue weighted by atomic mass is 19.4. The van der Waals surface area contributed by atoms with Crippen molar-refractivity contribution in [1.29, 1.82) is 0 Å². The van der Waals surface area contributed by atoms with Crippen LogP contribution in [0.15, 0.2) is 12.2 Å². The summed E-state index contributed by atoms with van der Waals surface area (Å²) in [6, 6.07) is 0. The van der Waals surface area contributed by atoms with Crippen LogP contribution in [0.1, 0.15) is 19.8 Å². The molecule has 0 N–H and O–H groups in total. The largest absolute Gasteiger partial charge is 0.416 e. The van der Waals surface area contributed by atoms with Crippen molar-refractivity contribution in [3.8, 4) is 0 Å². The third kappa shape index (κ3) is 3.19. The molecule has 5 heteroatoms. The quantitative estimate of drug-likeness (QED) is 0.396. The third-order valence-electron chi connectivity index (χ3n) is 2.79. The summed E-state index contributed by atoms with van der Waals surface area (Å²) in [5, 5.41) is 0. The predicted octanol–water partition coefficient (Wildman–Crippen LogP) is 3.13. The van der Waals surface area contributed by atoms with Crippen LogP contribution in [0.5, 0.6) is 0 Å². The maximum atomic E-state index is 13.4. The summed E-state index contributed by atoms with van der Waals surface area (Å²) in [6.07, 6.45) is -5.24. The molecule has 0 spiro atoms. The summed E-state index contributed by atoms with van der Waals surface area (Å²) >= 11 is 0. The van der Waals surface area contributed by atoms with Crippen molar-refractivity contribution in [3.63, 3.8) is 0 Å². The molecule has 88 valence electrons. The lowest BCUT2D eigenvalue weighted by Gasteiger charge is -2.33. The average molecular weight is 225 g/mol. The van der Waals surface area contributed by atoms with E-state index in [1.807, 2.05) is 6.92 Å². The average Bonchev–Trinajstić information content (AvgIpc) is 2.15. The molecule has 1 aliphatic rings. The van der Waals surface area contributed by atoms with Gasteiger partial charge in [-0.05, 0) is 18.8 Å². The fraction of sp³-hybridized carbons (Fsp3) is 0.800. The zero-order chi connectivity index (χ0) is 11.6. The van der Waals surface area contributed by atoms with Crippen LogP contribution in [-0.4, -0.2) is 30.5 Å². The van der Waals surface area contributed by atoms with E-state index in [0.717, 1.165) is 12.8 Å². The lowest BCUT2D eigenvalue weighted by Crippen LogP contribution is -2.42. The first-order chi connectivity index (χ1) is 6.82. The highest BCUT2D eigenvalue weighted by Crippen LogP contribution is 2.31. The van der Waals surface area contributed by atoms with Crippen molar-refractivity contribution in [2.75, 3.05) is 13.1 Å². The first-order valence-electron chi connectivity index (χ1n) is 4.96. The summed E-state index contributed by atoms with van der Waals surface area (Å²) < 4.78 is 49.9. The van der Waals surface area contributed by atoms with Crippen molar-refractivity contribution >= 4 is 0 Å². The first kappa shape index (κ1) is 12.5. The number of hydrogen-bond acceptors (Lipinski definition) is 1. The van der Waals surface area contributed by atoms with Gasteiger partial charge in [-0.1, -0.05) is 13.5 Å². The summed E-state index contributed by atoms with van der Waals surface area (Å²) in [5.41, 5.74) is -1.29. The van der Waals surface area contributed by atoms with E-state index in [9.17, 15) is 17.6 Å². The monoisotopic (exact) mass is 225 g/mol. The number of hydrogen-bond donors (Lipinski definition) is 0. The second kappa shape index (κ2) is 4.51. The number of nitrogens with zero attached hydrogens (tertiary/aromatic N) is 1. The van der Waals surface area contributed by atoms with Crippen LogP contribution in [0, 0.1) is 5.92 Å². The van der Waals surface area contributed by atoms with E-state index in [-0.39, 0.29) is 0 Å². The predicted molar refractivity (Wildman–Crippen MR) is 50.1 cm³/mol. The van der Waals surface area contributed by atoms with Gasteiger partial charge < -0.3 is 0 Å². The van der Waals surface area contributed by atoms with E-state index in [0.29, 0.717) is 19.0 Å². The molecular formula is C10H15F4N. The van der Waals surface area contributed by atoms with Gasteiger partial charge in [0, 0.05) is 13.1 Å². The second-order valence-electron chi connectivity index (χ2n) is 4.08. The number of rotatable bonds is 2. The molecule has 0 aliphatic carbocycles. The van der Waals surface area contributed by atoms with Crippen molar-refractivity contribution in [3.05, 3.63) is 12.2 Å². The standard InChI is InChI=1S/C10H15F4N/c1-7-3-5-15(6-4-7)9(11)8(2)10(12,13)14/h7,9H,2-6H2,1H3. The number of likely N-dealkylation sites (tertiary alicyclic amines) is 1. The van der Waals surface area contributed by atoms with Crippen LogP contribution >= 0.6 is 0 Å². The highest BCUT2D eigenvalue weighted by molar-refractivity contribution is 5.08. The minimum atomic E-state index is -4.64. The van der Waals surface area contributed by atoms with E-state index >= 15 is 0 Å². The Hall–Kier alpha value is -0.580. The zero-order valence-corrected chi connectivity index (χ0v) is 8.65. The molecule has 0 aromatic carbocycles. The minimum absolute atomic E-state index is 0.372. The Balaban J connectivity index is 2.54. The zero-order valence-electron chi connectivity index (χ0n) is 8.65. The van der Waals surface area contributed by atoms with E-state index in [2.05, 4.69) is 6.58 Å². The maximum absolute atomic E-state index is 13.4. The molecule has 15 heavy (non-hydrogen) atoms. The van der Waals surface area contributed by atoms with Gasteiger partial charge in [-0.25, -0.2) is 4.39 Å². The summed E-state index contributed by atoms with van der Waals surface area (Å²) in [5.74, 6) is 0.465. The van der Waals surface area contributed by atoms with Gasteiger partial charge in [-0.2, -0.15) is 13.2 Å². The minimum Gasteiger partial charge on any atom is -0.270 e. The third-order valence-corrected chi connectivity index (χ3v) is 2.79. The van der Waals surface area contributed by atoms with Gasteiger partial charge in [-0.15, -0.1) is 0 Å². The molecule has 0 saturated carbocycles. The highest BCUT2D eigenvalue weighted by Gasteiger charge is 2.40. The van der Waals surface area contributed by atoms with Gasteiger partial charge in [0.25, 0.3) is 0 Å². The lowest BCUT2D eigenvalue weighted by atomic mass is 9.98. The normalized spacial score (nSPS) is 22.7. The molecule has 1 saturated heterocycles. The topological polar surface area (TPSA) is 3.24 Å². The molecule has 1 aliphatic heterocycles. The molecule has 1 fully saturated rings. The molecule has 1 atom stereocenters. The van der Waals surface area contributed by atoms with Crippen LogP contribution in [-0.2, 0) is 0 Å². The molecule has 1 heterocycles. The Labute approximate surface area is 86.8 Å². The Morgan fingerprint density at radius 1 is 1.33 bits per heavy atom. The number of halogens is 4. The molecule has 0 amide bonds. The van der Waals surface area contributed by atoms with Gasteiger partial charge in [0.05, 0.1) is 5.57 Å². The molecule has 0 aromatic rings. The Kier molecular flexibility index (Phi) is 3.76. The molecule has 0 aromatic heterocycles. The summed E-state index contributed by atoms with van der Waals surface area (Å²) in [4.78, 5) is 1.20. The maximum Gasteiger partial charge on any atom is 0.416 e. The van der Waals surface area contributed by atoms with Crippen LogP contribution in [0.4, 0.5) is 17.6 Å². The molecule has 1 rings (SSSR count). The van der Waals surface area contributed by atoms with E-state index < -0.39 is 18.0 Å². The van der Waals surface area contributed by atoms with Gasteiger partial charge in [0.1, 0.15) is 0 Å². The van der Waals surface area contributed by atoms with E-state index in [4.69, 9.17) is 0 Å². The summed E-state index contributed by atoms with van der Waals surface area (Å²) in [7, 11) is 0. The molecule has 1 unspecified atom stereocenters. The fourth-order valence-electron chi connectivity index (χ4n) is 1.61. The number of piperidine rings is 1. The van der Waals surface area contributed by atoms with Gasteiger partial charge in [0.15, 0.2) is 6.30 Å². The van der Waals surface area contributed by atoms with Crippen LogP contribution in [0.3, 0.4) is 0 Å². The molecule has 1 nitrogen and oxygen atoms in total. The Morgan fingerprint density at radius 2 is 1.80 bits per heavy atom. The summed E-state index contributed by atoms with van der Waals surface area (Å²) in [6.45, 7) is 5.54. The van der Waals surface area contributed by atoms with Crippen molar-refractivity contribution in [2.24, 2.45) is 5.92 Å². The van der Waals surface area contributed by atoms with Gasteiger partial charge in [-0.3, -0.25) is 4.90 Å². The van der Waals surface area contributed by atoms with Crippen molar-refractivity contribution in [1.82, 2.24) is 4.90 Å². The Bertz CT molecular complexity index is 228. The first-order valence-corrected chi connectivity index (χ1v) is 4.96. The molecular weight excluding hydrogens is 210 g/mol. The van der Waals surface area contributed by atoms with Gasteiger partial charge >= 0.3 is 6.18 Å². The van der Waals surface area contributed by atoms with E-state index in [1.54, 1.807) is 0 Å². The van der Waals surface area contributed by atoms with Crippen molar-refractivity contribution < 1.29 is 17.6 Å². The van der Waals surface area contributed by atoms with Crippen molar-refractivity contribution in [2.45, 2.75) is 32.2 Å². The Morgan fingerprint density at radius 3 is 2.20 bits per heavy atom. The lowest BCUT2D eigenvalue weighted by molar-refractivity contribution is -0.112. The SMILES string of the molecule is C=C(C(F)N1CCC(C)CC1)C(F)(F)F. The fourth-order valence-corrected chi connectivity index (χ4v) is 1.61.